The van der Waals surface area contributed by atoms with E-state index in [1.807, 2.05) is 12.1 Å². The summed E-state index contributed by atoms with van der Waals surface area (Å²) in [5, 5.41) is 65.1. The van der Waals surface area contributed by atoms with E-state index in [9.17, 15) is 28.8 Å². The van der Waals surface area contributed by atoms with Crippen molar-refractivity contribution in [3.63, 3.8) is 0 Å². The van der Waals surface area contributed by atoms with Crippen LogP contribution in [0.3, 0.4) is 0 Å². The lowest BCUT2D eigenvalue weighted by atomic mass is 10.0. The Morgan fingerprint density at radius 2 is 0.611 bits per heavy atom. The zero-order valence-corrected chi connectivity index (χ0v) is 18.1. The largest absolute Gasteiger partial charge is 0.479 e. The average Bonchev–Trinajstić information content (AvgIpc) is 2.87. The van der Waals surface area contributed by atoms with Crippen LogP contribution in [0.2, 0.25) is 0 Å². The summed E-state index contributed by atoms with van der Waals surface area (Å²) in [5.74, 6) is -8.01. The van der Waals surface area contributed by atoms with Gasteiger partial charge in [-0.1, -0.05) is 60.7 Å². The normalized spacial score (nSPS) is 13.1. The number of aliphatic hydroxyl groups excluding tert-OH is 4. The molecule has 14 heteroatoms. The first-order valence-electron chi connectivity index (χ1n) is 9.54. The highest BCUT2D eigenvalue weighted by Crippen LogP contribution is 2.07. The minimum atomic E-state index is -2.27. The van der Waals surface area contributed by atoms with Crippen LogP contribution >= 0.6 is 0 Å². The standard InChI is InChI=1S/C14H10O2.2C4H6O6/c15-13(11-7-3-1-4-8-11)14(16)12-9-5-2-6-10-12;2*5-1(3(7)8)2(6)4(9)10/h1-10H;2*1-2,5-6H,(H,7,8)(H,9,10). The molecule has 2 rings (SSSR count). The summed E-state index contributed by atoms with van der Waals surface area (Å²) in [6.07, 6.45) is -9.06. The molecule has 14 nitrogen and oxygen atoms in total. The molecule has 194 valence electrons. The molecule has 4 atom stereocenters. The van der Waals surface area contributed by atoms with Crippen molar-refractivity contribution in [1.29, 1.82) is 0 Å². The molecule has 0 radical (unpaired) electrons. The molecule has 0 aromatic heterocycles. The molecule has 8 N–H and O–H groups in total. The lowest BCUT2D eigenvalue weighted by molar-refractivity contribution is -0.165. The maximum absolute atomic E-state index is 11.8. The van der Waals surface area contributed by atoms with Crippen molar-refractivity contribution in [2.45, 2.75) is 24.4 Å². The van der Waals surface area contributed by atoms with Gasteiger partial charge >= 0.3 is 23.9 Å². The Kier molecular flexibility index (Phi) is 13.5. The van der Waals surface area contributed by atoms with E-state index < -0.39 is 59.9 Å². The molecule has 0 heterocycles. The predicted octanol–water partition coefficient (Wildman–Crippen LogP) is -1.49. The van der Waals surface area contributed by atoms with Crippen LogP contribution in [0.25, 0.3) is 0 Å². The molecule has 0 aliphatic carbocycles. The third-order valence-electron chi connectivity index (χ3n) is 3.89. The highest BCUT2D eigenvalue weighted by molar-refractivity contribution is 6.49. The minimum Gasteiger partial charge on any atom is -0.479 e. The highest BCUT2D eigenvalue weighted by atomic mass is 16.4. The number of carbonyl (C=O) groups is 6. The fraction of sp³-hybridized carbons (Fsp3) is 0.182. The number of hydrogen-bond donors (Lipinski definition) is 8. The van der Waals surface area contributed by atoms with E-state index in [1.54, 1.807) is 48.5 Å². The molecule has 0 saturated heterocycles. The lowest BCUT2D eigenvalue weighted by Crippen LogP contribution is -2.39. The van der Waals surface area contributed by atoms with Gasteiger partial charge in [0.25, 0.3) is 0 Å². The van der Waals surface area contributed by atoms with E-state index in [1.165, 1.54) is 0 Å². The molecule has 0 saturated carbocycles. The predicted molar refractivity (Wildman–Crippen MR) is 116 cm³/mol. The van der Waals surface area contributed by atoms with Crippen LogP contribution < -0.4 is 0 Å². The fourth-order valence-electron chi connectivity index (χ4n) is 1.98. The molecular formula is C22H22O14. The quantitative estimate of drug-likeness (QED) is 0.141. The maximum atomic E-state index is 11.8. The molecular weight excluding hydrogens is 488 g/mol. The van der Waals surface area contributed by atoms with Crippen LogP contribution in [0, 0.1) is 0 Å². The Balaban J connectivity index is 0.000000540. The molecule has 2 aromatic rings. The van der Waals surface area contributed by atoms with E-state index >= 15 is 0 Å². The molecule has 0 spiro atoms. The van der Waals surface area contributed by atoms with Crippen LogP contribution in [0.4, 0.5) is 0 Å². The lowest BCUT2D eigenvalue weighted by Gasteiger charge is -2.07. The summed E-state index contributed by atoms with van der Waals surface area (Å²) >= 11 is 0. The van der Waals surface area contributed by atoms with Crippen molar-refractivity contribution in [1.82, 2.24) is 0 Å². The second kappa shape index (κ2) is 15.4. The van der Waals surface area contributed by atoms with E-state index in [0.29, 0.717) is 11.1 Å². The zero-order chi connectivity index (χ0) is 28.0. The molecule has 2 aromatic carbocycles. The van der Waals surface area contributed by atoms with Crippen LogP contribution in [0.15, 0.2) is 60.7 Å². The molecule has 0 amide bonds. The number of rotatable bonds is 9. The van der Waals surface area contributed by atoms with E-state index in [0.717, 1.165) is 0 Å². The summed E-state index contributed by atoms with van der Waals surface area (Å²) in [6, 6.07) is 17.2. The van der Waals surface area contributed by atoms with Crippen molar-refractivity contribution >= 4 is 35.4 Å². The smallest absolute Gasteiger partial charge is 0.335 e. The molecule has 0 aliphatic heterocycles. The fourth-order valence-corrected chi connectivity index (χ4v) is 1.98. The first kappa shape index (κ1) is 31.5. The van der Waals surface area contributed by atoms with Gasteiger partial charge in [-0.25, -0.2) is 19.2 Å². The number of aliphatic hydroxyl groups is 4. The molecule has 36 heavy (non-hydrogen) atoms. The molecule has 0 aliphatic rings. The topological polar surface area (TPSA) is 264 Å². The molecule has 0 fully saturated rings. The van der Waals surface area contributed by atoms with Gasteiger partial charge in [0.1, 0.15) is 0 Å². The number of carboxylic acids is 4. The number of hydrogen-bond acceptors (Lipinski definition) is 10. The Morgan fingerprint density at radius 3 is 0.778 bits per heavy atom. The van der Waals surface area contributed by atoms with Gasteiger partial charge < -0.3 is 40.9 Å². The Labute approximate surface area is 201 Å². The van der Waals surface area contributed by atoms with Crippen molar-refractivity contribution in [3.05, 3.63) is 71.8 Å². The van der Waals surface area contributed by atoms with Crippen LogP contribution in [0.1, 0.15) is 20.7 Å². The number of benzene rings is 2. The zero-order valence-electron chi connectivity index (χ0n) is 18.1. The summed E-state index contributed by atoms with van der Waals surface area (Å²) in [7, 11) is 0. The minimum absolute atomic E-state index is 0.427. The van der Waals surface area contributed by atoms with Crippen LogP contribution in [-0.2, 0) is 19.2 Å². The summed E-state index contributed by atoms with van der Waals surface area (Å²) < 4.78 is 0. The second-order valence-electron chi connectivity index (χ2n) is 6.52. The molecule has 4 unspecified atom stereocenters. The molecule has 0 bridgehead atoms. The van der Waals surface area contributed by atoms with Gasteiger partial charge in [0.15, 0.2) is 24.4 Å². The number of carbonyl (C=O) groups excluding carboxylic acids is 2. The van der Waals surface area contributed by atoms with Gasteiger partial charge in [-0.3, -0.25) is 9.59 Å². The monoisotopic (exact) mass is 510 g/mol. The van der Waals surface area contributed by atoms with Crippen LogP contribution in [-0.4, -0.2) is 101 Å². The highest BCUT2D eigenvalue weighted by Gasteiger charge is 2.30. The van der Waals surface area contributed by atoms with Crippen molar-refractivity contribution < 1.29 is 69.6 Å². The maximum Gasteiger partial charge on any atom is 0.335 e. The van der Waals surface area contributed by atoms with Gasteiger partial charge in [0, 0.05) is 11.1 Å². The van der Waals surface area contributed by atoms with E-state index in [4.69, 9.17) is 40.9 Å². The third-order valence-corrected chi connectivity index (χ3v) is 3.89. The van der Waals surface area contributed by atoms with Crippen molar-refractivity contribution in [2.75, 3.05) is 0 Å². The SMILES string of the molecule is O=C(C(=O)c1ccccc1)c1ccccc1.O=C(O)C(O)C(O)C(=O)O.O=C(O)C(O)C(O)C(=O)O. The summed E-state index contributed by atoms with van der Waals surface area (Å²) in [4.78, 5) is 62.7. The van der Waals surface area contributed by atoms with Gasteiger partial charge in [-0.05, 0) is 0 Å². The van der Waals surface area contributed by atoms with Crippen molar-refractivity contribution in [2.24, 2.45) is 0 Å². The summed E-state index contributed by atoms with van der Waals surface area (Å²) in [6.45, 7) is 0. The second-order valence-corrected chi connectivity index (χ2v) is 6.52. The Hall–Kier alpha value is -4.50. The first-order valence-corrected chi connectivity index (χ1v) is 9.54. The number of aliphatic carboxylic acids is 4. The Bertz CT molecular complexity index is 929. The summed E-state index contributed by atoms with van der Waals surface area (Å²) in [5.41, 5.74) is 0.854. The average molecular weight is 510 g/mol. The van der Waals surface area contributed by atoms with Gasteiger partial charge in [0.05, 0.1) is 0 Å². The number of carboxylic acid groups (broad SMARTS) is 4. The van der Waals surface area contributed by atoms with Crippen LogP contribution in [0.5, 0.6) is 0 Å². The Morgan fingerprint density at radius 1 is 0.417 bits per heavy atom. The van der Waals surface area contributed by atoms with E-state index in [2.05, 4.69) is 0 Å². The van der Waals surface area contributed by atoms with Gasteiger partial charge in [-0.2, -0.15) is 0 Å². The van der Waals surface area contributed by atoms with Crippen molar-refractivity contribution in [3.8, 4) is 0 Å². The van der Waals surface area contributed by atoms with Gasteiger partial charge in [-0.15, -0.1) is 0 Å². The third kappa shape index (κ3) is 10.6. The number of Topliss-reactive ketones (excluding diaryl/α,β-unsaturated/α-hetero) is 2. The van der Waals surface area contributed by atoms with Gasteiger partial charge in [0.2, 0.25) is 11.6 Å². The first-order chi connectivity index (χ1) is 16.7. The van der Waals surface area contributed by atoms with E-state index in [-0.39, 0.29) is 0 Å². The number of ketones is 2.